The molecule has 2 amide bonds. The van der Waals surface area contributed by atoms with Gasteiger partial charge in [-0.1, -0.05) is 62.4 Å². The number of carboxylic acid groups (broad SMARTS) is 1. The van der Waals surface area contributed by atoms with Crippen LogP contribution in [0.3, 0.4) is 0 Å². The minimum absolute atomic E-state index is 0.0400. The van der Waals surface area contributed by atoms with Gasteiger partial charge in [0.25, 0.3) is 5.91 Å². The van der Waals surface area contributed by atoms with E-state index in [1.165, 1.54) is 11.3 Å². The van der Waals surface area contributed by atoms with Crippen LogP contribution >= 0.6 is 11.3 Å². The van der Waals surface area contributed by atoms with E-state index in [0.29, 0.717) is 5.01 Å². The minimum Gasteiger partial charge on any atom is -0.480 e. The van der Waals surface area contributed by atoms with Crippen molar-refractivity contribution >= 4 is 29.3 Å². The van der Waals surface area contributed by atoms with E-state index in [4.69, 9.17) is 4.74 Å². The smallest absolute Gasteiger partial charge is 0.407 e. The highest BCUT2D eigenvalue weighted by atomic mass is 32.1. The summed E-state index contributed by atoms with van der Waals surface area (Å²) in [4.78, 5) is 40.6. The predicted molar refractivity (Wildman–Crippen MR) is 132 cm³/mol. The average Bonchev–Trinajstić information content (AvgIpc) is 3.44. The highest BCUT2D eigenvalue weighted by Crippen LogP contribution is 2.44. The van der Waals surface area contributed by atoms with Gasteiger partial charge < -0.3 is 20.5 Å². The fraction of sp³-hybridized carbons (Fsp3) is 0.308. The van der Waals surface area contributed by atoms with Crippen LogP contribution in [0.5, 0.6) is 0 Å². The summed E-state index contributed by atoms with van der Waals surface area (Å²) in [5.41, 5.74) is 4.68. The molecule has 2 unspecified atom stereocenters. The zero-order chi connectivity index (χ0) is 25.1. The summed E-state index contributed by atoms with van der Waals surface area (Å²) in [6.07, 6.45) is -0.577. The lowest BCUT2D eigenvalue weighted by molar-refractivity contribution is -0.140. The van der Waals surface area contributed by atoms with Crippen molar-refractivity contribution in [2.75, 3.05) is 6.61 Å². The average molecular weight is 494 g/mol. The van der Waals surface area contributed by atoms with E-state index in [-0.39, 0.29) is 24.1 Å². The van der Waals surface area contributed by atoms with E-state index in [2.05, 4.69) is 39.9 Å². The maximum atomic E-state index is 12.5. The summed E-state index contributed by atoms with van der Waals surface area (Å²) in [6.45, 7) is 5.37. The SMILES string of the molecule is CC(NC(=O)OCC1c2ccccc2-c2ccccc21)c1nc(C(=O)NC(C(=O)O)C(C)C)cs1. The largest absolute Gasteiger partial charge is 0.480 e. The number of alkyl carbamates (subject to hydrolysis) is 1. The number of ether oxygens (including phenoxy) is 1. The lowest BCUT2D eigenvalue weighted by atomic mass is 9.98. The molecule has 0 bridgehead atoms. The lowest BCUT2D eigenvalue weighted by Gasteiger charge is -2.17. The zero-order valence-corrected chi connectivity index (χ0v) is 20.5. The van der Waals surface area contributed by atoms with Gasteiger partial charge in [0.15, 0.2) is 0 Å². The Balaban J connectivity index is 1.36. The van der Waals surface area contributed by atoms with Gasteiger partial charge in [-0.15, -0.1) is 11.3 Å². The number of aliphatic carboxylic acids is 1. The normalized spacial score (nSPS) is 14.1. The second kappa shape index (κ2) is 10.3. The van der Waals surface area contributed by atoms with Gasteiger partial charge >= 0.3 is 12.1 Å². The fourth-order valence-corrected chi connectivity index (χ4v) is 5.00. The number of fused-ring (bicyclic) bond motifs is 3. The first-order chi connectivity index (χ1) is 16.8. The first kappa shape index (κ1) is 24.4. The molecule has 8 nitrogen and oxygen atoms in total. The summed E-state index contributed by atoms with van der Waals surface area (Å²) in [7, 11) is 0. The number of aromatic nitrogens is 1. The van der Waals surface area contributed by atoms with Crippen LogP contribution < -0.4 is 10.6 Å². The van der Waals surface area contributed by atoms with Crippen molar-refractivity contribution in [3.8, 4) is 11.1 Å². The standard InChI is InChI=1S/C26H27N3O5S/c1-14(2)22(25(31)32)29-23(30)21-13-35-24(28-21)15(3)27-26(33)34-12-20-18-10-6-4-8-16(18)17-9-5-7-11-19(17)20/h4-11,13-15,20,22H,12H2,1-3H3,(H,27,33)(H,29,30)(H,31,32). The second-order valence-corrected chi connectivity index (χ2v) is 9.69. The van der Waals surface area contributed by atoms with Gasteiger partial charge in [0.05, 0.1) is 6.04 Å². The van der Waals surface area contributed by atoms with E-state index in [1.807, 2.05) is 24.3 Å². The van der Waals surface area contributed by atoms with E-state index in [9.17, 15) is 19.5 Å². The molecular weight excluding hydrogens is 466 g/mol. The number of rotatable bonds is 8. The Kier molecular flexibility index (Phi) is 7.16. The molecule has 1 aliphatic carbocycles. The lowest BCUT2D eigenvalue weighted by Crippen LogP contribution is -2.44. The molecule has 2 aromatic carbocycles. The summed E-state index contributed by atoms with van der Waals surface area (Å²) in [5, 5.41) is 16.6. The van der Waals surface area contributed by atoms with E-state index < -0.39 is 30.1 Å². The molecule has 35 heavy (non-hydrogen) atoms. The summed E-state index contributed by atoms with van der Waals surface area (Å²) < 4.78 is 5.57. The number of hydrogen-bond donors (Lipinski definition) is 3. The Bertz CT molecular complexity index is 1210. The third-order valence-electron chi connectivity index (χ3n) is 6.02. The molecule has 0 spiro atoms. The van der Waals surface area contributed by atoms with Crippen LogP contribution in [0.2, 0.25) is 0 Å². The molecule has 182 valence electrons. The first-order valence-corrected chi connectivity index (χ1v) is 12.2. The Morgan fingerprint density at radius 1 is 1.00 bits per heavy atom. The van der Waals surface area contributed by atoms with E-state index in [1.54, 1.807) is 26.2 Å². The van der Waals surface area contributed by atoms with Gasteiger partial charge in [-0.3, -0.25) is 4.79 Å². The van der Waals surface area contributed by atoms with Gasteiger partial charge in [0.1, 0.15) is 23.4 Å². The molecule has 1 aliphatic rings. The van der Waals surface area contributed by atoms with Crippen molar-refractivity contribution in [1.82, 2.24) is 15.6 Å². The second-order valence-electron chi connectivity index (χ2n) is 8.80. The third-order valence-corrected chi connectivity index (χ3v) is 7.05. The van der Waals surface area contributed by atoms with Crippen LogP contribution in [0.15, 0.2) is 53.9 Å². The quantitative estimate of drug-likeness (QED) is 0.423. The topological polar surface area (TPSA) is 118 Å². The number of carbonyl (C=O) groups is 3. The molecule has 0 saturated carbocycles. The van der Waals surface area contributed by atoms with Crippen LogP contribution in [0.1, 0.15) is 59.4 Å². The van der Waals surface area contributed by atoms with E-state index >= 15 is 0 Å². The molecule has 0 aliphatic heterocycles. The number of thiazole rings is 1. The summed E-state index contributed by atoms with van der Waals surface area (Å²) in [5.74, 6) is -1.98. The predicted octanol–water partition coefficient (Wildman–Crippen LogP) is 4.58. The Hall–Kier alpha value is -3.72. The van der Waals surface area contributed by atoms with Crippen LogP contribution in [0, 0.1) is 5.92 Å². The number of benzene rings is 2. The number of nitrogens with one attached hydrogen (secondary N) is 2. The number of hydrogen-bond acceptors (Lipinski definition) is 6. The van der Waals surface area contributed by atoms with Gasteiger partial charge in [0, 0.05) is 11.3 Å². The minimum atomic E-state index is -1.10. The van der Waals surface area contributed by atoms with Crippen LogP contribution in [-0.2, 0) is 9.53 Å². The summed E-state index contributed by atoms with van der Waals surface area (Å²) >= 11 is 1.21. The number of carboxylic acids is 1. The highest BCUT2D eigenvalue weighted by molar-refractivity contribution is 7.09. The van der Waals surface area contributed by atoms with Gasteiger partial charge in [-0.05, 0) is 35.1 Å². The van der Waals surface area contributed by atoms with E-state index in [0.717, 1.165) is 22.3 Å². The number of amides is 2. The molecule has 4 rings (SSSR count). The van der Waals surface area contributed by atoms with Gasteiger partial charge in [-0.2, -0.15) is 0 Å². The van der Waals surface area contributed by atoms with Crippen LogP contribution in [0.4, 0.5) is 4.79 Å². The Labute approximate surface area is 207 Å². The monoisotopic (exact) mass is 493 g/mol. The number of nitrogens with zero attached hydrogens (tertiary/aromatic N) is 1. The zero-order valence-electron chi connectivity index (χ0n) is 19.6. The molecule has 3 aromatic rings. The molecule has 0 fully saturated rings. The van der Waals surface area contributed by atoms with Gasteiger partial charge in [0.2, 0.25) is 0 Å². The molecule has 0 radical (unpaired) electrons. The molecule has 3 N–H and O–H groups in total. The van der Waals surface area contributed by atoms with Gasteiger partial charge in [-0.25, -0.2) is 14.6 Å². The highest BCUT2D eigenvalue weighted by Gasteiger charge is 2.29. The van der Waals surface area contributed by atoms with Crippen molar-refractivity contribution in [1.29, 1.82) is 0 Å². The Morgan fingerprint density at radius 2 is 1.60 bits per heavy atom. The summed E-state index contributed by atoms with van der Waals surface area (Å²) in [6, 6.07) is 14.7. The maximum Gasteiger partial charge on any atom is 0.407 e. The van der Waals surface area contributed by atoms with Crippen molar-refractivity contribution < 1.29 is 24.2 Å². The molecule has 0 saturated heterocycles. The fourth-order valence-electron chi connectivity index (χ4n) is 4.20. The third kappa shape index (κ3) is 5.19. The van der Waals surface area contributed by atoms with Crippen molar-refractivity contribution in [2.45, 2.75) is 38.8 Å². The van der Waals surface area contributed by atoms with Crippen molar-refractivity contribution in [3.05, 3.63) is 75.7 Å². The molecule has 1 heterocycles. The van der Waals surface area contributed by atoms with Crippen molar-refractivity contribution in [2.24, 2.45) is 5.92 Å². The Morgan fingerprint density at radius 3 is 2.17 bits per heavy atom. The molecule has 1 aromatic heterocycles. The maximum absolute atomic E-state index is 12.5. The first-order valence-electron chi connectivity index (χ1n) is 11.4. The van der Waals surface area contributed by atoms with Crippen molar-refractivity contribution in [3.63, 3.8) is 0 Å². The molecule has 9 heteroatoms. The van der Waals surface area contributed by atoms with Crippen LogP contribution in [-0.4, -0.2) is 40.7 Å². The molecule has 2 atom stereocenters. The molecular formula is C26H27N3O5S. The number of carbonyl (C=O) groups excluding carboxylic acids is 2. The van der Waals surface area contributed by atoms with Crippen LogP contribution in [0.25, 0.3) is 11.1 Å².